The van der Waals surface area contributed by atoms with E-state index < -0.39 is 0 Å². The van der Waals surface area contributed by atoms with Crippen LogP contribution in [0.5, 0.6) is 0 Å². The molecule has 2 aromatic rings. The summed E-state index contributed by atoms with van der Waals surface area (Å²) in [6.07, 6.45) is 3.04. The van der Waals surface area contributed by atoms with E-state index in [9.17, 15) is 9.59 Å². The smallest absolute Gasteiger partial charge is 0.262 e. The second-order valence-electron chi connectivity index (χ2n) is 6.94. The Balaban J connectivity index is 1.77. The minimum atomic E-state index is -0.0725. The maximum Gasteiger partial charge on any atom is 0.262 e. The van der Waals surface area contributed by atoms with Gasteiger partial charge >= 0.3 is 0 Å². The number of nitrogens with one attached hydrogen (secondary N) is 3. The molecule has 1 aromatic carbocycles. The molecule has 154 valence electrons. The van der Waals surface area contributed by atoms with Gasteiger partial charge in [0, 0.05) is 17.4 Å². The highest BCUT2D eigenvalue weighted by Gasteiger charge is 2.07. The van der Waals surface area contributed by atoms with Gasteiger partial charge in [0.05, 0.1) is 37.1 Å². The van der Waals surface area contributed by atoms with Gasteiger partial charge < -0.3 is 15.2 Å². The number of carbonyl (C=O) groups is 1. The van der Waals surface area contributed by atoms with Gasteiger partial charge in [-0.1, -0.05) is 22.4 Å². The number of H-pyrrole nitrogens is 1. The average molecular weight is 470 g/mol. The van der Waals surface area contributed by atoms with Gasteiger partial charge in [0.15, 0.2) is 4.77 Å². The Bertz CT molecular complexity index is 905. The highest BCUT2D eigenvalue weighted by molar-refractivity contribution is 9.10. The van der Waals surface area contributed by atoms with Crippen molar-refractivity contribution in [1.82, 2.24) is 14.9 Å². The monoisotopic (exact) mass is 469 g/mol. The molecule has 3 N–H and O–H groups in total. The number of halogens is 1. The van der Waals surface area contributed by atoms with Crippen molar-refractivity contribution < 1.29 is 9.69 Å². The molecule has 0 saturated carbocycles. The van der Waals surface area contributed by atoms with Gasteiger partial charge in [-0.15, -0.1) is 0 Å². The molecule has 1 heterocycles. The molecule has 2 rings (SSSR count). The summed E-state index contributed by atoms with van der Waals surface area (Å²) in [7, 11) is 0. The van der Waals surface area contributed by atoms with Crippen LogP contribution in [-0.2, 0) is 11.3 Å². The molecular weight excluding hydrogens is 440 g/mol. The summed E-state index contributed by atoms with van der Waals surface area (Å²) < 4.78 is 2.91. The summed E-state index contributed by atoms with van der Waals surface area (Å²) >= 11 is 8.74. The largest absolute Gasteiger partial charge is 0.350 e. The molecule has 0 saturated heterocycles. The van der Waals surface area contributed by atoms with E-state index in [-0.39, 0.29) is 11.5 Å². The van der Waals surface area contributed by atoms with E-state index in [2.05, 4.69) is 40.1 Å². The van der Waals surface area contributed by atoms with E-state index in [1.165, 1.54) is 4.90 Å². The third kappa shape index (κ3) is 6.53. The van der Waals surface area contributed by atoms with E-state index in [0.717, 1.165) is 55.4 Å². The fraction of sp³-hybridized carbons (Fsp3) is 0.550. The fourth-order valence-corrected chi connectivity index (χ4v) is 3.87. The van der Waals surface area contributed by atoms with Gasteiger partial charge in [-0.2, -0.15) is 0 Å². The molecule has 1 amide bonds. The van der Waals surface area contributed by atoms with Crippen LogP contribution in [0.4, 0.5) is 0 Å². The fourth-order valence-electron chi connectivity index (χ4n) is 3.23. The molecule has 0 aliphatic heterocycles. The Hall–Kier alpha value is -1.51. The second kappa shape index (κ2) is 11.5. The van der Waals surface area contributed by atoms with Gasteiger partial charge in [-0.05, 0) is 57.1 Å². The summed E-state index contributed by atoms with van der Waals surface area (Å²) in [5, 5.41) is 3.62. The summed E-state index contributed by atoms with van der Waals surface area (Å²) in [6, 6.07) is 5.54. The molecule has 1 aromatic heterocycles. The Morgan fingerprint density at radius 3 is 2.71 bits per heavy atom. The first-order chi connectivity index (χ1) is 13.5. The molecule has 0 aliphatic carbocycles. The van der Waals surface area contributed by atoms with Gasteiger partial charge in [0.1, 0.15) is 0 Å². The standard InChI is InChI=1S/C20H29BrN4O2S/c1-3-24(4-2)13-11-22-18(26)8-6-5-7-12-25-19(27)16-14-15(21)9-10-17(16)23-20(25)28/h9-10,14H,3-8,11-13H2,1-2H3,(H,22,26)(H,23,28)/p+1. The normalized spacial score (nSPS) is 11.3. The van der Waals surface area contributed by atoms with Crippen LogP contribution in [0.15, 0.2) is 27.5 Å². The number of likely N-dealkylation sites (N-methyl/N-ethyl adjacent to an activating group) is 1. The Labute approximate surface area is 179 Å². The molecule has 8 heteroatoms. The van der Waals surface area contributed by atoms with Crippen molar-refractivity contribution >= 4 is 45.0 Å². The first-order valence-electron chi connectivity index (χ1n) is 9.98. The van der Waals surface area contributed by atoms with Gasteiger partial charge in [-0.3, -0.25) is 14.2 Å². The molecule has 0 radical (unpaired) electrons. The van der Waals surface area contributed by atoms with E-state index in [0.29, 0.717) is 23.1 Å². The minimum absolute atomic E-state index is 0.0725. The number of nitrogens with zero attached hydrogens (tertiary/aromatic N) is 1. The van der Waals surface area contributed by atoms with Crippen molar-refractivity contribution in [2.24, 2.45) is 0 Å². The van der Waals surface area contributed by atoms with Crippen LogP contribution < -0.4 is 15.8 Å². The van der Waals surface area contributed by atoms with E-state index in [1.54, 1.807) is 4.57 Å². The number of carbonyl (C=O) groups excluding carboxylic acids is 1. The van der Waals surface area contributed by atoms with E-state index >= 15 is 0 Å². The molecule has 0 atom stereocenters. The highest BCUT2D eigenvalue weighted by Crippen LogP contribution is 2.15. The Morgan fingerprint density at radius 2 is 2.00 bits per heavy atom. The minimum Gasteiger partial charge on any atom is -0.350 e. The lowest BCUT2D eigenvalue weighted by molar-refractivity contribution is -0.895. The van der Waals surface area contributed by atoms with Crippen LogP contribution in [-0.4, -0.2) is 41.6 Å². The van der Waals surface area contributed by atoms with E-state index in [4.69, 9.17) is 12.2 Å². The summed E-state index contributed by atoms with van der Waals surface area (Å²) in [5.41, 5.74) is 0.675. The number of hydrogen-bond donors (Lipinski definition) is 3. The predicted molar refractivity (Wildman–Crippen MR) is 119 cm³/mol. The van der Waals surface area contributed by atoms with Gasteiger partial charge in [0.25, 0.3) is 5.56 Å². The number of aromatic amines is 1. The van der Waals surface area contributed by atoms with Crippen molar-refractivity contribution in [3.05, 3.63) is 37.8 Å². The topological polar surface area (TPSA) is 71.3 Å². The SMILES string of the molecule is CC[NH+](CC)CCNC(=O)CCCCCn1c(=S)[nH]c2ccc(Br)cc2c1=O. The molecule has 0 aliphatic rings. The van der Waals surface area contributed by atoms with Crippen LogP contribution in [0.3, 0.4) is 0 Å². The van der Waals surface area contributed by atoms with Gasteiger partial charge in [0.2, 0.25) is 5.91 Å². The number of hydrogen-bond acceptors (Lipinski definition) is 3. The zero-order valence-corrected chi connectivity index (χ0v) is 19.0. The molecule has 0 bridgehead atoms. The summed E-state index contributed by atoms with van der Waals surface area (Å²) in [6.45, 7) is 8.74. The second-order valence-corrected chi connectivity index (χ2v) is 8.25. The molecule has 0 fully saturated rings. The molecule has 28 heavy (non-hydrogen) atoms. The Morgan fingerprint density at radius 1 is 1.25 bits per heavy atom. The summed E-state index contributed by atoms with van der Waals surface area (Å²) in [4.78, 5) is 29.2. The van der Waals surface area contributed by atoms with Crippen LogP contribution in [0.25, 0.3) is 10.9 Å². The van der Waals surface area contributed by atoms with Crippen LogP contribution in [0.2, 0.25) is 0 Å². The van der Waals surface area contributed by atoms with Crippen molar-refractivity contribution in [1.29, 1.82) is 0 Å². The van der Waals surface area contributed by atoms with Crippen LogP contribution in [0.1, 0.15) is 39.5 Å². The maximum atomic E-state index is 12.7. The lowest BCUT2D eigenvalue weighted by Crippen LogP contribution is -3.12. The quantitative estimate of drug-likeness (QED) is 0.349. The van der Waals surface area contributed by atoms with Crippen molar-refractivity contribution in [3.8, 4) is 0 Å². The van der Waals surface area contributed by atoms with E-state index in [1.807, 2.05) is 18.2 Å². The zero-order valence-electron chi connectivity index (χ0n) is 16.6. The molecule has 0 unspecified atom stereocenters. The number of amides is 1. The third-order valence-corrected chi connectivity index (χ3v) is 5.85. The molecule has 6 nitrogen and oxygen atoms in total. The number of quaternary nitrogens is 1. The lowest BCUT2D eigenvalue weighted by atomic mass is 10.2. The molecular formula is C20H30BrN4O2S+. The zero-order chi connectivity index (χ0) is 20.5. The van der Waals surface area contributed by atoms with Crippen molar-refractivity contribution in [3.63, 3.8) is 0 Å². The number of aromatic nitrogens is 2. The van der Waals surface area contributed by atoms with Crippen LogP contribution >= 0.6 is 28.1 Å². The predicted octanol–water partition coefficient (Wildman–Crippen LogP) is 2.42. The third-order valence-electron chi connectivity index (χ3n) is 5.03. The molecule has 0 spiro atoms. The van der Waals surface area contributed by atoms with Gasteiger partial charge in [-0.25, -0.2) is 0 Å². The first-order valence-corrected chi connectivity index (χ1v) is 11.2. The van der Waals surface area contributed by atoms with Crippen LogP contribution in [0, 0.1) is 4.77 Å². The maximum absolute atomic E-state index is 12.7. The first kappa shape index (κ1) is 22.8. The number of rotatable bonds is 11. The van der Waals surface area contributed by atoms with Crippen molar-refractivity contribution in [2.75, 3.05) is 26.2 Å². The number of unbranched alkanes of at least 4 members (excludes halogenated alkanes) is 2. The Kier molecular flexibility index (Phi) is 9.34. The lowest BCUT2D eigenvalue weighted by Gasteiger charge is -2.15. The van der Waals surface area contributed by atoms with Crippen molar-refractivity contribution in [2.45, 2.75) is 46.1 Å². The average Bonchev–Trinajstić information content (AvgIpc) is 2.68. The highest BCUT2D eigenvalue weighted by atomic mass is 79.9. The number of fused-ring (bicyclic) bond motifs is 1. The number of benzene rings is 1. The summed E-state index contributed by atoms with van der Waals surface area (Å²) in [5.74, 6) is 0.108.